The van der Waals surface area contributed by atoms with Crippen LogP contribution < -0.4 is 10.5 Å². The Morgan fingerprint density at radius 3 is 2.58 bits per heavy atom. The maximum Gasteiger partial charge on any atom is 0.124 e. The third-order valence-corrected chi connectivity index (χ3v) is 3.15. The van der Waals surface area contributed by atoms with Crippen molar-refractivity contribution in [3.05, 3.63) is 65.2 Å². The lowest BCUT2D eigenvalue weighted by atomic mass is 10.1. The second-order valence-electron chi connectivity index (χ2n) is 4.75. The van der Waals surface area contributed by atoms with Crippen molar-refractivity contribution in [3.63, 3.8) is 0 Å². The van der Waals surface area contributed by atoms with Crippen LogP contribution in [-0.2, 0) is 13.0 Å². The van der Waals surface area contributed by atoms with Crippen molar-refractivity contribution < 1.29 is 4.74 Å². The first-order valence-corrected chi connectivity index (χ1v) is 6.76. The van der Waals surface area contributed by atoms with Gasteiger partial charge in [-0.05, 0) is 37.0 Å². The van der Waals surface area contributed by atoms with Crippen molar-refractivity contribution in [1.29, 1.82) is 0 Å². The summed E-state index contributed by atoms with van der Waals surface area (Å²) in [5, 5.41) is 0. The third-order valence-electron chi connectivity index (χ3n) is 3.15. The van der Waals surface area contributed by atoms with E-state index in [1.165, 1.54) is 11.1 Å². The van der Waals surface area contributed by atoms with Crippen LogP contribution in [0.2, 0.25) is 0 Å². The molecule has 0 saturated carbocycles. The van der Waals surface area contributed by atoms with Crippen molar-refractivity contribution in [2.45, 2.75) is 26.3 Å². The Labute approximate surface area is 115 Å². The summed E-state index contributed by atoms with van der Waals surface area (Å²) in [6.07, 6.45) is 2.06. The molecule has 100 valence electrons. The highest BCUT2D eigenvalue weighted by Gasteiger charge is 2.02. The molecule has 2 aromatic rings. The van der Waals surface area contributed by atoms with Gasteiger partial charge in [-0.2, -0.15) is 0 Å². The summed E-state index contributed by atoms with van der Waals surface area (Å²) in [5.74, 6) is 0.926. The summed E-state index contributed by atoms with van der Waals surface area (Å²) in [4.78, 5) is 0. The molecule has 0 spiro atoms. The minimum atomic E-state index is 0.522. The van der Waals surface area contributed by atoms with Gasteiger partial charge in [-0.15, -0.1) is 0 Å². The molecule has 0 heterocycles. The number of aryl methyl sites for hydroxylation is 2. The topological polar surface area (TPSA) is 35.2 Å². The van der Waals surface area contributed by atoms with Gasteiger partial charge in [-0.1, -0.05) is 42.5 Å². The van der Waals surface area contributed by atoms with Gasteiger partial charge in [-0.25, -0.2) is 0 Å². The standard InChI is InChI=1S/C17H21NO/c1-14-9-10-16(13-18)17(12-14)19-11-5-8-15-6-3-2-4-7-15/h2-4,6-7,9-10,12H,5,8,11,13,18H2,1H3. The van der Waals surface area contributed by atoms with E-state index in [9.17, 15) is 0 Å². The molecule has 0 atom stereocenters. The summed E-state index contributed by atoms with van der Waals surface area (Å²) in [5.41, 5.74) is 9.35. The van der Waals surface area contributed by atoms with Crippen LogP contribution in [0.5, 0.6) is 5.75 Å². The van der Waals surface area contributed by atoms with Crippen LogP contribution in [0.1, 0.15) is 23.1 Å². The molecule has 0 bridgehead atoms. The number of hydrogen-bond acceptors (Lipinski definition) is 2. The Morgan fingerprint density at radius 2 is 1.84 bits per heavy atom. The first-order valence-electron chi connectivity index (χ1n) is 6.76. The predicted molar refractivity (Wildman–Crippen MR) is 79.3 cm³/mol. The van der Waals surface area contributed by atoms with Gasteiger partial charge in [0, 0.05) is 12.1 Å². The molecule has 0 aliphatic heterocycles. The smallest absolute Gasteiger partial charge is 0.124 e. The number of nitrogens with two attached hydrogens (primary N) is 1. The minimum Gasteiger partial charge on any atom is -0.493 e. The molecule has 2 rings (SSSR count). The molecule has 0 fully saturated rings. The fraction of sp³-hybridized carbons (Fsp3) is 0.294. The molecular weight excluding hydrogens is 234 g/mol. The number of benzene rings is 2. The van der Waals surface area contributed by atoms with E-state index in [1.54, 1.807) is 0 Å². The van der Waals surface area contributed by atoms with Crippen LogP contribution in [-0.4, -0.2) is 6.61 Å². The van der Waals surface area contributed by atoms with Crippen molar-refractivity contribution in [2.75, 3.05) is 6.61 Å². The molecule has 0 aliphatic rings. The molecule has 0 aliphatic carbocycles. The first kappa shape index (κ1) is 13.6. The Balaban J connectivity index is 1.84. The average Bonchev–Trinajstić information content (AvgIpc) is 2.45. The molecule has 19 heavy (non-hydrogen) atoms. The van der Waals surface area contributed by atoms with E-state index in [0.717, 1.165) is 30.8 Å². The van der Waals surface area contributed by atoms with Crippen LogP contribution in [0.25, 0.3) is 0 Å². The molecule has 0 unspecified atom stereocenters. The third kappa shape index (κ3) is 4.11. The van der Waals surface area contributed by atoms with Gasteiger partial charge in [0.2, 0.25) is 0 Å². The van der Waals surface area contributed by atoms with Gasteiger partial charge in [-0.3, -0.25) is 0 Å². The Hall–Kier alpha value is -1.80. The largest absolute Gasteiger partial charge is 0.493 e. The van der Waals surface area contributed by atoms with Crippen molar-refractivity contribution >= 4 is 0 Å². The van der Waals surface area contributed by atoms with E-state index < -0.39 is 0 Å². The van der Waals surface area contributed by atoms with E-state index in [2.05, 4.69) is 43.3 Å². The zero-order chi connectivity index (χ0) is 13.5. The fourth-order valence-corrected chi connectivity index (χ4v) is 2.07. The maximum atomic E-state index is 5.85. The minimum absolute atomic E-state index is 0.522. The zero-order valence-electron chi connectivity index (χ0n) is 11.4. The number of rotatable bonds is 6. The van der Waals surface area contributed by atoms with E-state index >= 15 is 0 Å². The van der Waals surface area contributed by atoms with Crippen molar-refractivity contribution in [2.24, 2.45) is 5.73 Å². The Morgan fingerprint density at radius 1 is 1.05 bits per heavy atom. The van der Waals surface area contributed by atoms with Gasteiger partial charge in [0.15, 0.2) is 0 Å². The van der Waals surface area contributed by atoms with Crippen LogP contribution in [0.4, 0.5) is 0 Å². The van der Waals surface area contributed by atoms with Crippen LogP contribution in [0, 0.1) is 6.92 Å². The van der Waals surface area contributed by atoms with E-state index in [-0.39, 0.29) is 0 Å². The molecular formula is C17H21NO. The van der Waals surface area contributed by atoms with Crippen LogP contribution in [0.15, 0.2) is 48.5 Å². The summed E-state index contributed by atoms with van der Waals surface area (Å²) in [7, 11) is 0. The molecule has 0 radical (unpaired) electrons. The van der Waals surface area contributed by atoms with Gasteiger partial charge in [0.05, 0.1) is 6.61 Å². The molecule has 0 saturated heterocycles. The molecule has 2 nitrogen and oxygen atoms in total. The monoisotopic (exact) mass is 255 g/mol. The lowest BCUT2D eigenvalue weighted by molar-refractivity contribution is 0.308. The summed E-state index contributed by atoms with van der Waals surface area (Å²) >= 11 is 0. The highest BCUT2D eigenvalue weighted by Crippen LogP contribution is 2.20. The maximum absolute atomic E-state index is 5.85. The molecule has 0 aromatic heterocycles. The van der Waals surface area contributed by atoms with Crippen molar-refractivity contribution in [3.8, 4) is 5.75 Å². The normalized spacial score (nSPS) is 10.4. The lowest BCUT2D eigenvalue weighted by Gasteiger charge is -2.11. The first-order chi connectivity index (χ1) is 9.29. The predicted octanol–water partition coefficient (Wildman–Crippen LogP) is 3.47. The van der Waals surface area contributed by atoms with Crippen LogP contribution >= 0.6 is 0 Å². The fourth-order valence-electron chi connectivity index (χ4n) is 2.07. The molecule has 2 N–H and O–H groups in total. The second-order valence-corrected chi connectivity index (χ2v) is 4.75. The quantitative estimate of drug-likeness (QED) is 0.802. The van der Waals surface area contributed by atoms with Gasteiger partial charge in [0.25, 0.3) is 0 Å². The number of ether oxygens (including phenoxy) is 1. The van der Waals surface area contributed by atoms with Gasteiger partial charge < -0.3 is 10.5 Å². The average molecular weight is 255 g/mol. The second kappa shape index (κ2) is 6.95. The SMILES string of the molecule is Cc1ccc(CN)c(OCCCc2ccccc2)c1. The Bertz CT molecular complexity index is 508. The van der Waals surface area contributed by atoms with E-state index in [0.29, 0.717) is 6.54 Å². The van der Waals surface area contributed by atoms with E-state index in [4.69, 9.17) is 10.5 Å². The lowest BCUT2D eigenvalue weighted by Crippen LogP contribution is -2.05. The van der Waals surface area contributed by atoms with Gasteiger partial charge in [0.1, 0.15) is 5.75 Å². The van der Waals surface area contributed by atoms with Crippen LogP contribution in [0.3, 0.4) is 0 Å². The zero-order valence-corrected chi connectivity index (χ0v) is 11.4. The Kier molecular flexibility index (Phi) is 4.99. The summed E-state index contributed by atoms with van der Waals surface area (Å²) < 4.78 is 5.85. The summed E-state index contributed by atoms with van der Waals surface area (Å²) in [6, 6.07) is 16.7. The van der Waals surface area contributed by atoms with Gasteiger partial charge >= 0.3 is 0 Å². The highest BCUT2D eigenvalue weighted by atomic mass is 16.5. The molecule has 2 heteroatoms. The molecule has 2 aromatic carbocycles. The molecule has 0 amide bonds. The highest BCUT2D eigenvalue weighted by molar-refractivity contribution is 5.37. The number of hydrogen-bond donors (Lipinski definition) is 1. The van der Waals surface area contributed by atoms with E-state index in [1.807, 2.05) is 12.1 Å². The van der Waals surface area contributed by atoms with Crippen molar-refractivity contribution in [1.82, 2.24) is 0 Å². The summed E-state index contributed by atoms with van der Waals surface area (Å²) in [6.45, 7) is 3.32.